The molecule has 6 nitrogen and oxygen atoms in total. The Bertz CT molecular complexity index is 1090. The van der Waals surface area contributed by atoms with E-state index in [9.17, 15) is 4.79 Å². The number of rotatable bonds is 7. The number of anilines is 1. The second kappa shape index (κ2) is 8.51. The molecule has 9 heteroatoms. The summed E-state index contributed by atoms with van der Waals surface area (Å²) >= 11 is 4.41. The average Bonchev–Trinajstić information content (AvgIpc) is 3.47. The van der Waals surface area contributed by atoms with Crippen molar-refractivity contribution in [3.8, 4) is 16.3 Å². The second-order valence-electron chi connectivity index (χ2n) is 5.58. The summed E-state index contributed by atoms with van der Waals surface area (Å²) in [5.74, 6) is 0.483. The topological polar surface area (TPSA) is 72.7 Å². The number of amides is 1. The van der Waals surface area contributed by atoms with E-state index in [4.69, 9.17) is 0 Å². The highest BCUT2D eigenvalue weighted by Crippen LogP contribution is 2.30. The van der Waals surface area contributed by atoms with Crippen molar-refractivity contribution in [2.45, 2.75) is 4.34 Å². The normalized spacial score (nSPS) is 10.7. The summed E-state index contributed by atoms with van der Waals surface area (Å²) in [4.78, 5) is 13.9. The Morgan fingerprint density at radius 2 is 2.07 bits per heavy atom. The van der Waals surface area contributed by atoms with Gasteiger partial charge in [0.25, 0.3) is 5.91 Å². The van der Waals surface area contributed by atoms with E-state index in [0.717, 1.165) is 20.7 Å². The molecule has 1 N–H and O–H groups in total. The number of para-hydroxylation sites is 1. The van der Waals surface area contributed by atoms with Crippen LogP contribution in [0.25, 0.3) is 16.3 Å². The highest BCUT2D eigenvalue weighted by molar-refractivity contribution is 8.01. The molecular weight excluding hydrogens is 410 g/mol. The molecule has 0 saturated carbocycles. The number of nitrogens with one attached hydrogen (secondary N) is 1. The Morgan fingerprint density at radius 3 is 2.82 bits per heavy atom. The first kappa shape index (κ1) is 18.6. The van der Waals surface area contributed by atoms with Crippen LogP contribution in [0.1, 0.15) is 10.4 Å². The molecule has 0 aliphatic carbocycles. The summed E-state index contributed by atoms with van der Waals surface area (Å²) in [5, 5.41) is 18.0. The van der Waals surface area contributed by atoms with Crippen molar-refractivity contribution < 1.29 is 4.79 Å². The number of aromatic nitrogens is 4. The van der Waals surface area contributed by atoms with Crippen LogP contribution < -0.4 is 5.32 Å². The van der Waals surface area contributed by atoms with Gasteiger partial charge in [-0.2, -0.15) is 5.10 Å². The lowest BCUT2D eigenvalue weighted by Gasteiger charge is -2.00. The minimum absolute atomic E-state index is 0.262. The van der Waals surface area contributed by atoms with Crippen LogP contribution in [0.3, 0.4) is 0 Å². The molecule has 4 aromatic rings. The number of thiophene rings is 1. The van der Waals surface area contributed by atoms with Gasteiger partial charge < -0.3 is 0 Å². The van der Waals surface area contributed by atoms with E-state index in [0.29, 0.717) is 16.4 Å². The van der Waals surface area contributed by atoms with Gasteiger partial charge in [0.15, 0.2) is 4.34 Å². The lowest BCUT2D eigenvalue weighted by Crippen LogP contribution is -2.12. The quantitative estimate of drug-likeness (QED) is 0.257. The van der Waals surface area contributed by atoms with Crippen LogP contribution in [0.15, 0.2) is 71.0 Å². The fourth-order valence-corrected chi connectivity index (χ4v) is 4.69. The average molecular weight is 426 g/mol. The number of benzene rings is 1. The zero-order valence-corrected chi connectivity index (χ0v) is 17.1. The largest absolute Gasteiger partial charge is 0.296 e. The molecule has 0 radical (unpaired) electrons. The lowest BCUT2D eigenvalue weighted by molar-refractivity contribution is 0.102. The van der Waals surface area contributed by atoms with E-state index in [1.165, 1.54) is 23.1 Å². The van der Waals surface area contributed by atoms with Crippen molar-refractivity contribution in [3.05, 3.63) is 72.3 Å². The summed E-state index contributed by atoms with van der Waals surface area (Å²) in [6.45, 7) is 3.69. The number of hydrogen-bond donors (Lipinski definition) is 1. The van der Waals surface area contributed by atoms with Crippen molar-refractivity contribution >= 4 is 45.5 Å². The van der Waals surface area contributed by atoms with Crippen LogP contribution in [0.4, 0.5) is 5.13 Å². The molecule has 0 saturated heterocycles. The fraction of sp³-hybridized carbons (Fsp3) is 0.0526. The first-order valence-electron chi connectivity index (χ1n) is 8.32. The number of thioether (sulfide) groups is 1. The van der Waals surface area contributed by atoms with E-state index in [-0.39, 0.29) is 5.91 Å². The van der Waals surface area contributed by atoms with Gasteiger partial charge in [-0.15, -0.1) is 28.1 Å². The van der Waals surface area contributed by atoms with Crippen LogP contribution >= 0.6 is 34.4 Å². The number of nitrogens with zero attached hydrogens (tertiary/aromatic N) is 4. The van der Waals surface area contributed by atoms with E-state index in [2.05, 4.69) is 27.2 Å². The monoisotopic (exact) mass is 425 g/mol. The van der Waals surface area contributed by atoms with Crippen LogP contribution in [0, 0.1) is 0 Å². The van der Waals surface area contributed by atoms with Crippen molar-refractivity contribution in [1.29, 1.82) is 0 Å². The SMILES string of the molecule is C=CCSc1nnc(NC(=O)c2cn(-c3ccccc3)nc2-c2cccs2)s1. The molecule has 4 rings (SSSR count). The zero-order chi connectivity index (χ0) is 19.3. The summed E-state index contributed by atoms with van der Waals surface area (Å²) < 4.78 is 2.50. The standard InChI is InChI=1S/C19H15N5OS3/c1-2-10-27-19-22-21-18(28-19)20-17(25)14-12-24(13-7-4-3-5-8-13)23-16(14)15-9-6-11-26-15/h2-9,11-12H,1,10H2,(H,20,21,25). The lowest BCUT2D eigenvalue weighted by atomic mass is 10.2. The molecule has 3 aromatic heterocycles. The third-order valence-corrected chi connectivity index (χ3v) is 6.53. The first-order chi connectivity index (χ1) is 13.7. The minimum Gasteiger partial charge on any atom is -0.296 e. The molecule has 0 bridgehead atoms. The van der Waals surface area contributed by atoms with Crippen molar-refractivity contribution in [2.75, 3.05) is 11.1 Å². The Labute approximate surface area is 174 Å². The maximum Gasteiger partial charge on any atom is 0.261 e. The second-order valence-corrected chi connectivity index (χ2v) is 8.77. The van der Waals surface area contributed by atoms with Gasteiger partial charge in [-0.25, -0.2) is 4.68 Å². The van der Waals surface area contributed by atoms with Gasteiger partial charge in [0.05, 0.1) is 16.1 Å². The molecule has 0 unspecified atom stereocenters. The molecule has 140 valence electrons. The summed E-state index contributed by atoms with van der Waals surface area (Å²) in [5.41, 5.74) is 2.02. The maximum atomic E-state index is 13.0. The molecule has 3 heterocycles. The Kier molecular flexibility index (Phi) is 5.65. The fourth-order valence-electron chi connectivity index (χ4n) is 2.46. The van der Waals surface area contributed by atoms with Gasteiger partial charge in [0.1, 0.15) is 5.69 Å². The highest BCUT2D eigenvalue weighted by Gasteiger charge is 2.20. The van der Waals surface area contributed by atoms with Crippen LogP contribution in [-0.4, -0.2) is 31.6 Å². The molecule has 0 spiro atoms. The molecular formula is C19H15N5OS3. The van der Waals surface area contributed by atoms with E-state index < -0.39 is 0 Å². The predicted molar refractivity (Wildman–Crippen MR) is 116 cm³/mol. The van der Waals surface area contributed by atoms with Crippen LogP contribution in [-0.2, 0) is 0 Å². The Morgan fingerprint density at radius 1 is 1.21 bits per heavy atom. The summed E-state index contributed by atoms with van der Waals surface area (Å²) in [6.07, 6.45) is 3.55. The van der Waals surface area contributed by atoms with Gasteiger partial charge in [-0.05, 0) is 23.6 Å². The Hall–Kier alpha value is -2.75. The molecule has 0 atom stereocenters. The maximum absolute atomic E-state index is 13.0. The predicted octanol–water partition coefficient (Wildman–Crippen LogP) is 4.98. The first-order valence-corrected chi connectivity index (χ1v) is 11.0. The highest BCUT2D eigenvalue weighted by atomic mass is 32.2. The van der Waals surface area contributed by atoms with Gasteiger partial charge in [0.2, 0.25) is 5.13 Å². The zero-order valence-electron chi connectivity index (χ0n) is 14.6. The Balaban J connectivity index is 1.64. The van der Waals surface area contributed by atoms with E-state index in [1.807, 2.05) is 47.8 Å². The van der Waals surface area contributed by atoms with Gasteiger partial charge in [-0.1, -0.05) is 53.4 Å². The molecule has 1 amide bonds. The smallest absolute Gasteiger partial charge is 0.261 e. The van der Waals surface area contributed by atoms with E-state index in [1.54, 1.807) is 28.3 Å². The number of carbonyl (C=O) groups is 1. The molecule has 0 fully saturated rings. The molecule has 1 aromatic carbocycles. The minimum atomic E-state index is -0.262. The van der Waals surface area contributed by atoms with Crippen molar-refractivity contribution in [2.24, 2.45) is 0 Å². The van der Waals surface area contributed by atoms with Gasteiger partial charge in [0, 0.05) is 11.9 Å². The molecule has 28 heavy (non-hydrogen) atoms. The van der Waals surface area contributed by atoms with Crippen LogP contribution in [0.2, 0.25) is 0 Å². The molecule has 0 aliphatic rings. The number of hydrogen-bond acceptors (Lipinski definition) is 7. The summed E-state index contributed by atoms with van der Waals surface area (Å²) in [6, 6.07) is 13.6. The van der Waals surface area contributed by atoms with Crippen molar-refractivity contribution in [3.63, 3.8) is 0 Å². The van der Waals surface area contributed by atoms with Crippen molar-refractivity contribution in [1.82, 2.24) is 20.0 Å². The summed E-state index contributed by atoms with van der Waals surface area (Å²) in [7, 11) is 0. The third kappa shape index (κ3) is 4.06. The molecule has 0 aliphatic heterocycles. The van der Waals surface area contributed by atoms with E-state index >= 15 is 0 Å². The van der Waals surface area contributed by atoms with Gasteiger partial charge in [-0.3, -0.25) is 10.1 Å². The van der Waals surface area contributed by atoms with Gasteiger partial charge >= 0.3 is 0 Å². The number of carbonyl (C=O) groups excluding carboxylic acids is 1. The third-order valence-electron chi connectivity index (χ3n) is 3.69. The van der Waals surface area contributed by atoms with Crippen LogP contribution in [0.5, 0.6) is 0 Å².